The maximum Gasteiger partial charge on any atom is 0.329 e. The highest BCUT2D eigenvalue weighted by Crippen LogP contribution is 2.27. The van der Waals surface area contributed by atoms with E-state index in [9.17, 15) is 4.79 Å². The van der Waals surface area contributed by atoms with Gasteiger partial charge in [-0.25, -0.2) is 4.79 Å². The first kappa shape index (κ1) is 12.8. The SMILES string of the molecule is CC1(OCC(=O)O)CN(CC2CCCOC2)C1. The number of rotatable bonds is 5. The zero-order chi connectivity index (χ0) is 12.3. The molecular weight excluding hydrogens is 222 g/mol. The van der Waals surface area contributed by atoms with Crippen molar-refractivity contribution in [2.24, 2.45) is 5.92 Å². The van der Waals surface area contributed by atoms with E-state index in [1.165, 1.54) is 6.42 Å². The minimum absolute atomic E-state index is 0.198. The largest absolute Gasteiger partial charge is 0.480 e. The molecule has 17 heavy (non-hydrogen) atoms. The quantitative estimate of drug-likeness (QED) is 0.765. The van der Waals surface area contributed by atoms with Gasteiger partial charge in [0.15, 0.2) is 0 Å². The van der Waals surface area contributed by atoms with Crippen molar-refractivity contribution in [3.05, 3.63) is 0 Å². The van der Waals surface area contributed by atoms with Crippen molar-refractivity contribution >= 4 is 5.97 Å². The Morgan fingerprint density at radius 3 is 2.94 bits per heavy atom. The van der Waals surface area contributed by atoms with Crippen molar-refractivity contribution in [1.29, 1.82) is 0 Å². The lowest BCUT2D eigenvalue weighted by molar-refractivity contribution is -0.166. The normalized spacial score (nSPS) is 28.6. The Labute approximate surface area is 102 Å². The van der Waals surface area contributed by atoms with Crippen molar-refractivity contribution in [2.45, 2.75) is 25.4 Å². The number of likely N-dealkylation sites (tertiary alicyclic amines) is 1. The average Bonchev–Trinajstić information content (AvgIpc) is 2.26. The highest BCUT2D eigenvalue weighted by molar-refractivity contribution is 5.68. The number of hydrogen-bond acceptors (Lipinski definition) is 4. The first-order valence-corrected chi connectivity index (χ1v) is 6.23. The van der Waals surface area contributed by atoms with E-state index in [2.05, 4.69) is 4.90 Å². The Kier molecular flexibility index (Phi) is 4.01. The summed E-state index contributed by atoms with van der Waals surface area (Å²) in [6.45, 7) is 6.25. The van der Waals surface area contributed by atoms with Crippen molar-refractivity contribution in [1.82, 2.24) is 4.90 Å². The van der Waals surface area contributed by atoms with Crippen LogP contribution in [0, 0.1) is 5.92 Å². The third-order valence-corrected chi connectivity index (χ3v) is 3.43. The van der Waals surface area contributed by atoms with Crippen LogP contribution >= 0.6 is 0 Å². The number of carboxylic acid groups (broad SMARTS) is 1. The molecule has 0 spiro atoms. The summed E-state index contributed by atoms with van der Waals surface area (Å²) in [5.41, 5.74) is -0.270. The van der Waals surface area contributed by atoms with E-state index in [0.717, 1.165) is 39.3 Å². The van der Waals surface area contributed by atoms with Crippen molar-refractivity contribution < 1.29 is 19.4 Å². The van der Waals surface area contributed by atoms with Gasteiger partial charge in [-0.3, -0.25) is 4.90 Å². The van der Waals surface area contributed by atoms with Gasteiger partial charge in [-0.1, -0.05) is 0 Å². The highest BCUT2D eigenvalue weighted by atomic mass is 16.5. The lowest BCUT2D eigenvalue weighted by Gasteiger charge is -2.48. The van der Waals surface area contributed by atoms with Crippen LogP contribution in [0.1, 0.15) is 19.8 Å². The molecule has 0 aromatic carbocycles. The van der Waals surface area contributed by atoms with E-state index in [1.807, 2.05) is 6.92 Å². The van der Waals surface area contributed by atoms with Crippen LogP contribution in [-0.2, 0) is 14.3 Å². The highest BCUT2D eigenvalue weighted by Gasteiger charge is 2.40. The van der Waals surface area contributed by atoms with Crippen LogP contribution < -0.4 is 0 Å². The van der Waals surface area contributed by atoms with Crippen LogP contribution in [0.4, 0.5) is 0 Å². The molecule has 0 saturated carbocycles. The van der Waals surface area contributed by atoms with Crippen LogP contribution in [0.15, 0.2) is 0 Å². The molecule has 1 unspecified atom stereocenters. The fourth-order valence-electron chi connectivity index (χ4n) is 2.67. The second-order valence-corrected chi connectivity index (χ2v) is 5.39. The molecule has 2 saturated heterocycles. The van der Waals surface area contributed by atoms with Crippen molar-refractivity contribution in [3.63, 3.8) is 0 Å². The maximum absolute atomic E-state index is 10.4. The third-order valence-electron chi connectivity index (χ3n) is 3.43. The molecule has 2 rings (SSSR count). The van der Waals surface area contributed by atoms with E-state index in [0.29, 0.717) is 5.92 Å². The summed E-state index contributed by atoms with van der Waals surface area (Å²) in [6.07, 6.45) is 2.40. The van der Waals surface area contributed by atoms with Crippen LogP contribution in [0.5, 0.6) is 0 Å². The number of nitrogens with zero attached hydrogens (tertiary/aromatic N) is 1. The fourth-order valence-corrected chi connectivity index (χ4v) is 2.67. The summed E-state index contributed by atoms with van der Waals surface area (Å²) in [6, 6.07) is 0. The topological polar surface area (TPSA) is 59.0 Å². The summed E-state index contributed by atoms with van der Waals surface area (Å²) < 4.78 is 10.8. The maximum atomic E-state index is 10.4. The number of aliphatic carboxylic acids is 1. The molecule has 5 nitrogen and oxygen atoms in total. The number of ether oxygens (including phenoxy) is 2. The Morgan fingerprint density at radius 1 is 1.59 bits per heavy atom. The molecule has 5 heteroatoms. The van der Waals surface area contributed by atoms with E-state index in [4.69, 9.17) is 14.6 Å². The monoisotopic (exact) mass is 243 g/mol. The lowest BCUT2D eigenvalue weighted by Crippen LogP contribution is -2.62. The summed E-state index contributed by atoms with van der Waals surface area (Å²) >= 11 is 0. The molecule has 2 aliphatic heterocycles. The molecule has 2 heterocycles. The van der Waals surface area contributed by atoms with Gasteiger partial charge in [0.1, 0.15) is 6.61 Å². The summed E-state index contributed by atoms with van der Waals surface area (Å²) in [5, 5.41) is 8.57. The Hall–Kier alpha value is -0.650. The van der Waals surface area contributed by atoms with E-state index < -0.39 is 5.97 Å². The second kappa shape index (κ2) is 5.33. The molecule has 2 fully saturated rings. The third kappa shape index (κ3) is 3.66. The van der Waals surface area contributed by atoms with Crippen molar-refractivity contribution in [2.75, 3.05) is 39.5 Å². The first-order chi connectivity index (χ1) is 8.07. The van der Waals surface area contributed by atoms with Crippen molar-refractivity contribution in [3.8, 4) is 0 Å². The van der Waals surface area contributed by atoms with Gasteiger partial charge in [0.2, 0.25) is 0 Å². The number of carbonyl (C=O) groups is 1. The number of hydrogen-bond donors (Lipinski definition) is 1. The van der Waals surface area contributed by atoms with E-state index in [-0.39, 0.29) is 12.2 Å². The Bertz CT molecular complexity index is 270. The fraction of sp³-hybridized carbons (Fsp3) is 0.917. The Balaban J connectivity index is 1.65. The molecule has 0 aromatic heterocycles. The van der Waals surface area contributed by atoms with Gasteiger partial charge in [-0.2, -0.15) is 0 Å². The summed E-state index contributed by atoms with van der Waals surface area (Å²) in [4.78, 5) is 12.7. The zero-order valence-electron chi connectivity index (χ0n) is 10.4. The molecule has 2 aliphatic rings. The van der Waals surface area contributed by atoms with Crippen LogP contribution in [0.3, 0.4) is 0 Å². The molecule has 1 N–H and O–H groups in total. The predicted molar refractivity (Wildman–Crippen MR) is 62.0 cm³/mol. The van der Waals surface area contributed by atoms with Gasteiger partial charge >= 0.3 is 5.97 Å². The van der Waals surface area contributed by atoms with E-state index >= 15 is 0 Å². The summed E-state index contributed by atoms with van der Waals surface area (Å²) in [7, 11) is 0. The predicted octanol–water partition coefficient (Wildman–Crippen LogP) is 0.589. The van der Waals surface area contributed by atoms with Gasteiger partial charge in [0.25, 0.3) is 0 Å². The van der Waals surface area contributed by atoms with Gasteiger partial charge < -0.3 is 14.6 Å². The number of carboxylic acids is 1. The average molecular weight is 243 g/mol. The molecule has 0 aromatic rings. The minimum Gasteiger partial charge on any atom is -0.480 e. The van der Waals surface area contributed by atoms with Crippen LogP contribution in [-0.4, -0.2) is 61.0 Å². The molecule has 0 bridgehead atoms. The molecule has 0 radical (unpaired) electrons. The first-order valence-electron chi connectivity index (χ1n) is 6.23. The summed E-state index contributed by atoms with van der Waals surface area (Å²) in [5.74, 6) is -0.266. The van der Waals surface area contributed by atoms with Crippen LogP contribution in [0.2, 0.25) is 0 Å². The molecular formula is C12H21NO4. The molecule has 98 valence electrons. The van der Waals surface area contributed by atoms with Gasteiger partial charge in [0.05, 0.1) is 12.2 Å². The molecule has 0 aliphatic carbocycles. The Morgan fingerprint density at radius 2 is 2.35 bits per heavy atom. The lowest BCUT2D eigenvalue weighted by atomic mass is 9.93. The van der Waals surface area contributed by atoms with E-state index in [1.54, 1.807) is 0 Å². The molecule has 0 amide bonds. The standard InChI is InChI=1S/C12H21NO4/c1-12(17-7-11(14)15)8-13(9-12)5-10-3-2-4-16-6-10/h10H,2-9H2,1H3,(H,14,15). The van der Waals surface area contributed by atoms with Crippen LogP contribution in [0.25, 0.3) is 0 Å². The second-order valence-electron chi connectivity index (χ2n) is 5.39. The smallest absolute Gasteiger partial charge is 0.329 e. The van der Waals surface area contributed by atoms with Gasteiger partial charge in [-0.15, -0.1) is 0 Å². The molecule has 1 atom stereocenters. The van der Waals surface area contributed by atoms with Gasteiger partial charge in [-0.05, 0) is 25.7 Å². The minimum atomic E-state index is -0.898. The zero-order valence-corrected chi connectivity index (χ0v) is 10.4. The van der Waals surface area contributed by atoms with Gasteiger partial charge in [0, 0.05) is 26.2 Å².